The zero-order valence-electron chi connectivity index (χ0n) is 31.4. The molecule has 5 rings (SSSR count). The zero-order chi connectivity index (χ0) is 37.6. The number of amides is 4. The van der Waals surface area contributed by atoms with E-state index in [1.165, 1.54) is 11.3 Å². The van der Waals surface area contributed by atoms with Gasteiger partial charge in [0, 0.05) is 43.5 Å². The Morgan fingerprint density at radius 2 is 1.81 bits per heavy atom. The maximum absolute atomic E-state index is 14.7. The van der Waals surface area contributed by atoms with Crippen LogP contribution in [0.25, 0.3) is 0 Å². The molecule has 0 aromatic heterocycles. The van der Waals surface area contributed by atoms with Crippen molar-refractivity contribution in [2.75, 3.05) is 26.8 Å². The highest BCUT2D eigenvalue weighted by atomic mass is 35.5. The Labute approximate surface area is 312 Å². The minimum Gasteiger partial charge on any atom is -0.387 e. The average Bonchev–Trinajstić information content (AvgIpc) is 3.85. The summed E-state index contributed by atoms with van der Waals surface area (Å²) < 4.78 is 5.29. The molecule has 1 aromatic rings. The first-order valence-electron chi connectivity index (χ1n) is 19.0. The van der Waals surface area contributed by atoms with E-state index in [-0.39, 0.29) is 37.3 Å². The summed E-state index contributed by atoms with van der Waals surface area (Å²) in [6.07, 6.45) is 8.46. The summed E-state index contributed by atoms with van der Waals surface area (Å²) in [7, 11) is 1.56. The van der Waals surface area contributed by atoms with Crippen LogP contribution in [-0.4, -0.2) is 101 Å². The number of carbonyl (C=O) groups is 5. The van der Waals surface area contributed by atoms with E-state index in [0.717, 1.165) is 44.1 Å². The molecular formula is C39H56ClN5O7. The van der Waals surface area contributed by atoms with Gasteiger partial charge in [-0.2, -0.15) is 0 Å². The summed E-state index contributed by atoms with van der Waals surface area (Å²) in [5, 5.41) is 10.8. The van der Waals surface area contributed by atoms with E-state index in [1.54, 1.807) is 24.1 Å². The fourth-order valence-electron chi connectivity index (χ4n) is 8.22. The number of benzene rings is 1. The zero-order valence-corrected chi connectivity index (χ0v) is 32.1. The molecule has 0 radical (unpaired) electrons. The lowest BCUT2D eigenvalue weighted by Gasteiger charge is -2.36. The van der Waals surface area contributed by atoms with Crippen molar-refractivity contribution in [2.45, 2.75) is 135 Å². The Morgan fingerprint density at radius 1 is 1.06 bits per heavy atom. The van der Waals surface area contributed by atoms with Crippen LogP contribution in [-0.2, 0) is 33.5 Å². The number of nitrogens with one attached hydrogen (secondary N) is 2. The number of ketones is 1. The first-order chi connectivity index (χ1) is 24.7. The van der Waals surface area contributed by atoms with Gasteiger partial charge in [0.15, 0.2) is 5.60 Å². The first-order valence-corrected chi connectivity index (χ1v) is 19.4. The SMILES string of the molecule is CCC[C@H](NC(=O)[C@@H]1C[C@]2(CC(c3cccc(Cl)c3)=NO2)CN1C(=O)[C@@H](NC(=O)CC1CCCCC1)C(C)(C)C)C(=O)C(=O)N1CCC[C@@H]1COC. The summed E-state index contributed by atoms with van der Waals surface area (Å²) in [6.45, 7) is 8.37. The van der Waals surface area contributed by atoms with Gasteiger partial charge >= 0.3 is 0 Å². The Morgan fingerprint density at radius 3 is 2.48 bits per heavy atom. The predicted octanol–water partition coefficient (Wildman–Crippen LogP) is 4.80. The molecule has 2 saturated heterocycles. The van der Waals surface area contributed by atoms with Crippen molar-refractivity contribution in [1.29, 1.82) is 0 Å². The van der Waals surface area contributed by atoms with Crippen molar-refractivity contribution in [3.63, 3.8) is 0 Å². The molecule has 286 valence electrons. The molecule has 3 heterocycles. The van der Waals surface area contributed by atoms with E-state index < -0.39 is 52.6 Å². The molecule has 4 amide bonds. The number of Topliss-reactive ketones (excluding diaryl/α,β-unsaturated/α-hetero) is 1. The van der Waals surface area contributed by atoms with Gasteiger partial charge in [0.2, 0.25) is 23.5 Å². The molecule has 2 N–H and O–H groups in total. The number of methoxy groups -OCH3 is 1. The maximum Gasteiger partial charge on any atom is 0.292 e. The van der Waals surface area contributed by atoms with Gasteiger partial charge < -0.3 is 30.0 Å². The second kappa shape index (κ2) is 17.1. The number of hydrogen-bond acceptors (Lipinski definition) is 8. The third kappa shape index (κ3) is 9.34. The van der Waals surface area contributed by atoms with E-state index in [1.807, 2.05) is 39.8 Å². The number of carbonyl (C=O) groups excluding carboxylic acids is 5. The molecule has 52 heavy (non-hydrogen) atoms. The van der Waals surface area contributed by atoms with Crippen molar-refractivity contribution in [3.05, 3.63) is 34.9 Å². The number of halogens is 1. The van der Waals surface area contributed by atoms with E-state index in [0.29, 0.717) is 43.1 Å². The molecule has 5 atom stereocenters. The fourth-order valence-corrected chi connectivity index (χ4v) is 8.41. The van der Waals surface area contributed by atoms with E-state index in [4.69, 9.17) is 21.2 Å². The van der Waals surface area contributed by atoms with Gasteiger partial charge in [-0.05, 0) is 55.6 Å². The van der Waals surface area contributed by atoms with Crippen molar-refractivity contribution in [1.82, 2.24) is 20.4 Å². The lowest BCUT2D eigenvalue weighted by atomic mass is 9.84. The van der Waals surface area contributed by atoms with Gasteiger partial charge in [0.25, 0.3) is 5.91 Å². The van der Waals surface area contributed by atoms with E-state index >= 15 is 0 Å². The van der Waals surface area contributed by atoms with Crippen LogP contribution in [0.3, 0.4) is 0 Å². The van der Waals surface area contributed by atoms with Gasteiger partial charge in [-0.3, -0.25) is 24.0 Å². The van der Waals surface area contributed by atoms with Crippen LogP contribution in [0.5, 0.6) is 0 Å². The summed E-state index contributed by atoms with van der Waals surface area (Å²) in [4.78, 5) is 78.8. The van der Waals surface area contributed by atoms with E-state index in [2.05, 4.69) is 15.8 Å². The molecule has 0 bridgehead atoms. The van der Waals surface area contributed by atoms with Gasteiger partial charge in [0.1, 0.15) is 12.1 Å². The molecule has 12 nitrogen and oxygen atoms in total. The Kier molecular flexibility index (Phi) is 13.0. The minimum absolute atomic E-state index is 0.0420. The summed E-state index contributed by atoms with van der Waals surface area (Å²) >= 11 is 6.27. The quantitative estimate of drug-likeness (QED) is 0.276. The van der Waals surface area contributed by atoms with Crippen LogP contribution in [0, 0.1) is 11.3 Å². The van der Waals surface area contributed by atoms with Crippen molar-refractivity contribution in [3.8, 4) is 0 Å². The van der Waals surface area contributed by atoms with Crippen molar-refractivity contribution >= 4 is 46.7 Å². The maximum atomic E-state index is 14.7. The molecule has 3 fully saturated rings. The lowest BCUT2D eigenvalue weighted by molar-refractivity contribution is -0.148. The molecule has 3 aliphatic heterocycles. The number of likely N-dealkylation sites (tertiary alicyclic amines) is 2. The minimum atomic E-state index is -1.07. The van der Waals surface area contributed by atoms with Gasteiger partial charge in [-0.15, -0.1) is 0 Å². The van der Waals surface area contributed by atoms with Gasteiger partial charge in [-0.1, -0.05) is 82.3 Å². The van der Waals surface area contributed by atoms with E-state index in [9.17, 15) is 24.0 Å². The van der Waals surface area contributed by atoms with Gasteiger partial charge in [-0.25, -0.2) is 0 Å². The van der Waals surface area contributed by atoms with Crippen LogP contribution in [0.1, 0.15) is 110 Å². The Balaban J connectivity index is 1.39. The number of oxime groups is 1. The highest BCUT2D eigenvalue weighted by Crippen LogP contribution is 2.40. The topological polar surface area (TPSA) is 147 Å². The van der Waals surface area contributed by atoms with Crippen molar-refractivity contribution in [2.24, 2.45) is 16.5 Å². The largest absolute Gasteiger partial charge is 0.387 e. The van der Waals surface area contributed by atoms with Crippen LogP contribution >= 0.6 is 11.6 Å². The number of nitrogens with zero attached hydrogens (tertiary/aromatic N) is 3. The number of rotatable bonds is 13. The van der Waals surface area contributed by atoms with Crippen LogP contribution in [0.2, 0.25) is 5.02 Å². The molecule has 1 saturated carbocycles. The van der Waals surface area contributed by atoms with Crippen LogP contribution in [0.15, 0.2) is 29.4 Å². The normalized spacial score (nSPS) is 24.7. The van der Waals surface area contributed by atoms with Crippen LogP contribution < -0.4 is 10.6 Å². The second-order valence-electron chi connectivity index (χ2n) is 16.2. The Bertz CT molecular complexity index is 1520. The first kappa shape index (κ1) is 39.7. The molecule has 1 spiro atoms. The highest BCUT2D eigenvalue weighted by molar-refractivity contribution is 6.38. The lowest BCUT2D eigenvalue weighted by Crippen LogP contribution is -2.59. The summed E-state index contributed by atoms with van der Waals surface area (Å²) in [5.74, 6) is -2.18. The van der Waals surface area contributed by atoms with Crippen LogP contribution in [0.4, 0.5) is 0 Å². The predicted molar refractivity (Wildman–Crippen MR) is 198 cm³/mol. The highest BCUT2D eigenvalue weighted by Gasteiger charge is 2.56. The monoisotopic (exact) mass is 741 g/mol. The smallest absolute Gasteiger partial charge is 0.292 e. The Hall–Kier alpha value is -3.51. The summed E-state index contributed by atoms with van der Waals surface area (Å²) in [5.41, 5.74) is -0.285. The fraction of sp³-hybridized carbons (Fsp3) is 0.692. The third-order valence-corrected chi connectivity index (χ3v) is 11.3. The summed E-state index contributed by atoms with van der Waals surface area (Å²) in [6, 6.07) is 4.02. The van der Waals surface area contributed by atoms with Crippen molar-refractivity contribution < 1.29 is 33.5 Å². The molecule has 13 heteroatoms. The second-order valence-corrected chi connectivity index (χ2v) is 16.7. The molecule has 1 aromatic carbocycles. The third-order valence-electron chi connectivity index (χ3n) is 11.0. The standard InChI is InChI=1S/C39H56ClN5O7/c1-6-12-29(33(47)36(49)44-18-11-17-28(44)23-51-5)41-35(48)31-22-39(21-30(43-52-39)26-15-10-16-27(40)20-26)24-45(31)37(50)34(38(2,3)4)42-32(46)19-25-13-8-7-9-14-25/h10,15-16,20,25,28-29,31,34H,6-9,11-14,17-19,21-24H2,1-5H3,(H,41,48)(H,42,46)/t28-,29+,31+,34-,39-/m1/s1. The molecular weight excluding hydrogens is 686 g/mol. The molecule has 1 aliphatic carbocycles. The number of hydrogen-bond donors (Lipinski definition) is 2. The molecule has 4 aliphatic rings. The molecule has 0 unspecified atom stereocenters. The average molecular weight is 742 g/mol. The number of ether oxygens (including phenoxy) is 1. The van der Waals surface area contributed by atoms with Gasteiger partial charge in [0.05, 0.1) is 30.9 Å².